The van der Waals surface area contributed by atoms with Crippen molar-refractivity contribution in [2.75, 3.05) is 18.8 Å². The third-order valence-corrected chi connectivity index (χ3v) is 2.82. The predicted molar refractivity (Wildman–Crippen MR) is 71.5 cm³/mol. The second-order valence-corrected chi connectivity index (χ2v) is 3.99. The zero-order valence-corrected chi connectivity index (χ0v) is 9.76. The molecule has 4 heteroatoms. The van der Waals surface area contributed by atoms with Gasteiger partial charge in [-0.05, 0) is 31.3 Å². The van der Waals surface area contributed by atoms with Crippen molar-refractivity contribution in [2.45, 2.75) is 6.42 Å². The standard InChI is InChI=1S/C13H16N4/c1-10(17-6-3-7-17)8-12(15-2)11-4-5-13(14)16-9-11/h4-5,8-9H,1-3,6-7H2,(H2,14,16)/b12-8-. The number of anilines is 1. The summed E-state index contributed by atoms with van der Waals surface area (Å²) in [5.41, 5.74) is 8.19. The molecular weight excluding hydrogens is 212 g/mol. The largest absolute Gasteiger partial charge is 0.384 e. The van der Waals surface area contributed by atoms with E-state index in [0.717, 1.165) is 30.0 Å². The number of nitrogen functional groups attached to an aromatic ring is 1. The van der Waals surface area contributed by atoms with E-state index in [1.807, 2.05) is 12.1 Å². The first-order valence-corrected chi connectivity index (χ1v) is 5.55. The molecule has 1 saturated heterocycles. The van der Waals surface area contributed by atoms with Crippen molar-refractivity contribution >= 4 is 18.2 Å². The Hall–Kier alpha value is -2.10. The van der Waals surface area contributed by atoms with E-state index in [0.29, 0.717) is 5.82 Å². The molecule has 1 fully saturated rings. The van der Waals surface area contributed by atoms with Gasteiger partial charge in [0.05, 0.1) is 5.70 Å². The van der Waals surface area contributed by atoms with Crippen LogP contribution in [-0.2, 0) is 0 Å². The van der Waals surface area contributed by atoms with Crippen LogP contribution in [0, 0.1) is 0 Å². The number of likely N-dealkylation sites (tertiary alicyclic amines) is 1. The van der Waals surface area contributed by atoms with Crippen LogP contribution in [0.5, 0.6) is 0 Å². The molecule has 0 spiro atoms. The van der Waals surface area contributed by atoms with E-state index in [4.69, 9.17) is 5.73 Å². The van der Waals surface area contributed by atoms with E-state index < -0.39 is 0 Å². The normalized spacial score (nSPS) is 15.3. The van der Waals surface area contributed by atoms with Gasteiger partial charge in [-0.15, -0.1) is 0 Å². The molecule has 0 bridgehead atoms. The molecule has 88 valence electrons. The maximum absolute atomic E-state index is 5.55. The molecule has 2 N–H and O–H groups in total. The van der Waals surface area contributed by atoms with Gasteiger partial charge in [0.1, 0.15) is 5.82 Å². The second-order valence-electron chi connectivity index (χ2n) is 3.99. The van der Waals surface area contributed by atoms with Gasteiger partial charge in [0, 0.05) is 30.5 Å². The quantitative estimate of drug-likeness (QED) is 0.632. The molecule has 4 nitrogen and oxygen atoms in total. The highest BCUT2D eigenvalue weighted by Crippen LogP contribution is 2.21. The van der Waals surface area contributed by atoms with Crippen LogP contribution in [-0.4, -0.2) is 29.7 Å². The monoisotopic (exact) mass is 228 g/mol. The van der Waals surface area contributed by atoms with E-state index in [1.165, 1.54) is 6.42 Å². The lowest BCUT2D eigenvalue weighted by molar-refractivity contribution is 0.248. The van der Waals surface area contributed by atoms with Gasteiger partial charge in [0.15, 0.2) is 0 Å². The van der Waals surface area contributed by atoms with E-state index in [-0.39, 0.29) is 0 Å². The molecule has 1 aromatic heterocycles. The maximum atomic E-state index is 5.55. The Morgan fingerprint density at radius 3 is 2.71 bits per heavy atom. The molecule has 1 aliphatic heterocycles. The SMILES string of the molecule is C=N/C(=C\C(=C)N1CCC1)c1ccc(N)nc1. The summed E-state index contributed by atoms with van der Waals surface area (Å²) in [4.78, 5) is 10.3. The lowest BCUT2D eigenvalue weighted by atomic mass is 10.1. The number of hydrogen-bond acceptors (Lipinski definition) is 4. The molecule has 0 saturated carbocycles. The highest BCUT2D eigenvalue weighted by atomic mass is 15.2. The Morgan fingerprint density at radius 2 is 2.24 bits per heavy atom. The average Bonchev–Trinajstić information content (AvgIpc) is 2.25. The Balaban J connectivity index is 2.20. The van der Waals surface area contributed by atoms with Crippen molar-refractivity contribution < 1.29 is 0 Å². The molecule has 0 aromatic carbocycles. The first kappa shape index (κ1) is 11.4. The summed E-state index contributed by atoms with van der Waals surface area (Å²) in [6, 6.07) is 3.63. The number of nitrogens with zero attached hydrogens (tertiary/aromatic N) is 3. The molecule has 0 amide bonds. The first-order valence-electron chi connectivity index (χ1n) is 5.55. The van der Waals surface area contributed by atoms with Gasteiger partial charge in [0.2, 0.25) is 0 Å². The summed E-state index contributed by atoms with van der Waals surface area (Å²) >= 11 is 0. The molecule has 0 atom stereocenters. The van der Waals surface area contributed by atoms with Crippen LogP contribution in [0.25, 0.3) is 5.70 Å². The van der Waals surface area contributed by atoms with Crippen molar-refractivity contribution in [3.05, 3.63) is 42.2 Å². The Kier molecular flexibility index (Phi) is 3.23. The number of rotatable bonds is 4. The molecule has 2 heterocycles. The van der Waals surface area contributed by atoms with Crippen LogP contribution < -0.4 is 5.73 Å². The summed E-state index contributed by atoms with van der Waals surface area (Å²) in [5, 5.41) is 0. The number of hydrogen-bond donors (Lipinski definition) is 1. The molecular formula is C13H16N4. The number of aliphatic imine (C=N–C) groups is 1. The lowest BCUT2D eigenvalue weighted by Gasteiger charge is -2.33. The Bertz CT molecular complexity index is 455. The number of aromatic nitrogens is 1. The number of allylic oxidation sites excluding steroid dienone is 1. The van der Waals surface area contributed by atoms with Gasteiger partial charge in [-0.2, -0.15) is 0 Å². The van der Waals surface area contributed by atoms with Crippen molar-refractivity contribution in [1.82, 2.24) is 9.88 Å². The fourth-order valence-corrected chi connectivity index (χ4v) is 1.63. The van der Waals surface area contributed by atoms with Crippen LogP contribution in [0.4, 0.5) is 5.82 Å². The highest BCUT2D eigenvalue weighted by molar-refractivity contribution is 5.70. The lowest BCUT2D eigenvalue weighted by Crippen LogP contribution is -2.35. The van der Waals surface area contributed by atoms with Gasteiger partial charge in [-0.25, -0.2) is 4.98 Å². The van der Waals surface area contributed by atoms with E-state index in [1.54, 1.807) is 12.3 Å². The van der Waals surface area contributed by atoms with Gasteiger partial charge in [0.25, 0.3) is 0 Å². The minimum Gasteiger partial charge on any atom is -0.384 e. The first-order chi connectivity index (χ1) is 8.20. The summed E-state index contributed by atoms with van der Waals surface area (Å²) in [5.74, 6) is 0.499. The average molecular weight is 228 g/mol. The topological polar surface area (TPSA) is 54.5 Å². The van der Waals surface area contributed by atoms with Crippen LogP contribution in [0.15, 0.2) is 41.7 Å². The van der Waals surface area contributed by atoms with Crippen LogP contribution in [0.2, 0.25) is 0 Å². The molecule has 17 heavy (non-hydrogen) atoms. The third-order valence-electron chi connectivity index (χ3n) is 2.82. The van der Waals surface area contributed by atoms with Gasteiger partial charge >= 0.3 is 0 Å². The Labute approximate surface area is 101 Å². The minimum atomic E-state index is 0.499. The van der Waals surface area contributed by atoms with Gasteiger partial charge in [-0.1, -0.05) is 6.58 Å². The number of pyridine rings is 1. The smallest absolute Gasteiger partial charge is 0.123 e. The van der Waals surface area contributed by atoms with Crippen molar-refractivity contribution in [1.29, 1.82) is 0 Å². The van der Waals surface area contributed by atoms with Crippen LogP contribution >= 0.6 is 0 Å². The molecule has 2 rings (SSSR count). The van der Waals surface area contributed by atoms with Gasteiger partial charge < -0.3 is 10.6 Å². The van der Waals surface area contributed by atoms with E-state index >= 15 is 0 Å². The Morgan fingerprint density at radius 1 is 1.47 bits per heavy atom. The second kappa shape index (κ2) is 4.82. The van der Waals surface area contributed by atoms with Crippen molar-refractivity contribution in [3.63, 3.8) is 0 Å². The molecule has 0 aliphatic carbocycles. The summed E-state index contributed by atoms with van der Waals surface area (Å²) in [7, 11) is 0. The summed E-state index contributed by atoms with van der Waals surface area (Å²) in [6.07, 6.45) is 4.85. The molecule has 1 aromatic rings. The number of nitrogens with two attached hydrogens (primary N) is 1. The third kappa shape index (κ3) is 2.53. The summed E-state index contributed by atoms with van der Waals surface area (Å²) in [6.45, 7) is 9.74. The van der Waals surface area contributed by atoms with Crippen LogP contribution in [0.3, 0.4) is 0 Å². The molecule has 0 unspecified atom stereocenters. The molecule has 0 radical (unpaired) electrons. The minimum absolute atomic E-state index is 0.499. The molecule has 1 aliphatic rings. The van der Waals surface area contributed by atoms with Crippen molar-refractivity contribution in [2.24, 2.45) is 4.99 Å². The van der Waals surface area contributed by atoms with Crippen LogP contribution in [0.1, 0.15) is 12.0 Å². The fraction of sp³-hybridized carbons (Fsp3) is 0.231. The van der Waals surface area contributed by atoms with E-state index in [9.17, 15) is 0 Å². The summed E-state index contributed by atoms with van der Waals surface area (Å²) < 4.78 is 0. The van der Waals surface area contributed by atoms with Crippen molar-refractivity contribution in [3.8, 4) is 0 Å². The highest BCUT2D eigenvalue weighted by Gasteiger charge is 2.14. The van der Waals surface area contributed by atoms with Gasteiger partial charge in [-0.3, -0.25) is 4.99 Å². The fourth-order valence-electron chi connectivity index (χ4n) is 1.63. The zero-order chi connectivity index (χ0) is 12.3. The zero-order valence-electron chi connectivity index (χ0n) is 9.76. The van der Waals surface area contributed by atoms with E-state index in [2.05, 4.69) is 28.2 Å². The predicted octanol–water partition coefficient (Wildman–Crippen LogP) is 1.92. The maximum Gasteiger partial charge on any atom is 0.123 e.